The molecule has 0 bridgehead atoms. The molecule has 4 N–H and O–H groups in total. The molecule has 1 aliphatic rings. The second-order valence-electron chi connectivity index (χ2n) is 4.68. The SMILES string of the molecule is Nc1ncc2ncn([C@H]3C[C@H](CO)[C@H]3CO)c2n1. The molecule has 7 nitrogen and oxygen atoms in total. The maximum absolute atomic E-state index is 9.38. The summed E-state index contributed by atoms with van der Waals surface area (Å²) in [6, 6.07) is 0.117. The van der Waals surface area contributed by atoms with E-state index >= 15 is 0 Å². The Morgan fingerprint density at radius 1 is 1.33 bits per heavy atom. The Labute approximate surface area is 103 Å². The topological polar surface area (TPSA) is 110 Å². The van der Waals surface area contributed by atoms with Crippen LogP contribution in [0.5, 0.6) is 0 Å². The fourth-order valence-corrected chi connectivity index (χ4v) is 2.66. The van der Waals surface area contributed by atoms with E-state index in [1.165, 1.54) is 0 Å². The van der Waals surface area contributed by atoms with Crippen molar-refractivity contribution in [1.82, 2.24) is 19.5 Å². The quantitative estimate of drug-likeness (QED) is 0.681. The highest BCUT2D eigenvalue weighted by atomic mass is 16.3. The van der Waals surface area contributed by atoms with Crippen molar-refractivity contribution < 1.29 is 10.2 Å². The fourth-order valence-electron chi connectivity index (χ4n) is 2.66. The van der Waals surface area contributed by atoms with E-state index in [1.54, 1.807) is 12.5 Å². The number of nitrogen functional groups attached to an aromatic ring is 1. The first kappa shape index (κ1) is 11.4. The maximum Gasteiger partial charge on any atom is 0.222 e. The average Bonchev–Trinajstić information content (AvgIpc) is 2.72. The first-order valence-corrected chi connectivity index (χ1v) is 5.91. The second-order valence-corrected chi connectivity index (χ2v) is 4.68. The number of aromatic nitrogens is 4. The molecule has 7 heteroatoms. The Bertz CT molecular complexity index is 570. The van der Waals surface area contributed by atoms with Gasteiger partial charge >= 0.3 is 0 Å². The van der Waals surface area contributed by atoms with Gasteiger partial charge in [0.05, 0.1) is 12.5 Å². The molecule has 2 aromatic rings. The molecule has 0 radical (unpaired) electrons. The van der Waals surface area contributed by atoms with E-state index in [2.05, 4.69) is 15.0 Å². The van der Waals surface area contributed by atoms with Gasteiger partial charge in [0.25, 0.3) is 0 Å². The highest BCUT2D eigenvalue weighted by molar-refractivity contribution is 5.70. The van der Waals surface area contributed by atoms with Gasteiger partial charge in [-0.2, -0.15) is 4.98 Å². The maximum atomic E-state index is 9.38. The Hall–Kier alpha value is -1.73. The third kappa shape index (κ3) is 1.55. The van der Waals surface area contributed by atoms with Crippen LogP contribution in [0.1, 0.15) is 12.5 Å². The zero-order valence-electron chi connectivity index (χ0n) is 9.77. The van der Waals surface area contributed by atoms with Crippen LogP contribution in [0.25, 0.3) is 11.2 Å². The number of nitrogens with two attached hydrogens (primary N) is 1. The molecule has 2 aromatic heterocycles. The summed E-state index contributed by atoms with van der Waals surface area (Å²) in [5.74, 6) is 0.406. The highest BCUT2D eigenvalue weighted by Gasteiger charge is 2.41. The van der Waals surface area contributed by atoms with Gasteiger partial charge in [0, 0.05) is 25.2 Å². The van der Waals surface area contributed by atoms with Gasteiger partial charge in [-0.15, -0.1) is 0 Å². The van der Waals surface area contributed by atoms with Crippen molar-refractivity contribution in [2.75, 3.05) is 18.9 Å². The van der Waals surface area contributed by atoms with E-state index in [0.717, 1.165) is 6.42 Å². The lowest BCUT2D eigenvalue weighted by atomic mass is 9.70. The Kier molecular flexibility index (Phi) is 2.64. The zero-order valence-corrected chi connectivity index (χ0v) is 9.77. The average molecular weight is 249 g/mol. The monoisotopic (exact) mass is 249 g/mol. The predicted molar refractivity (Wildman–Crippen MR) is 64.5 cm³/mol. The molecule has 0 spiro atoms. The predicted octanol–water partition coefficient (Wildman–Crippen LogP) is -0.430. The van der Waals surface area contributed by atoms with Crippen LogP contribution in [-0.2, 0) is 0 Å². The number of hydrogen-bond acceptors (Lipinski definition) is 6. The Morgan fingerprint density at radius 2 is 2.17 bits per heavy atom. The summed E-state index contributed by atoms with van der Waals surface area (Å²) in [7, 11) is 0. The number of nitrogens with zero attached hydrogens (tertiary/aromatic N) is 4. The number of fused-ring (bicyclic) bond motifs is 1. The van der Waals surface area contributed by atoms with Gasteiger partial charge in [-0.25, -0.2) is 9.97 Å². The van der Waals surface area contributed by atoms with Crippen LogP contribution in [-0.4, -0.2) is 42.9 Å². The summed E-state index contributed by atoms with van der Waals surface area (Å²) in [5, 5.41) is 18.6. The van der Waals surface area contributed by atoms with Crippen molar-refractivity contribution in [3.63, 3.8) is 0 Å². The molecule has 2 heterocycles. The van der Waals surface area contributed by atoms with Crippen molar-refractivity contribution >= 4 is 17.1 Å². The van der Waals surface area contributed by atoms with Gasteiger partial charge in [0.2, 0.25) is 5.95 Å². The van der Waals surface area contributed by atoms with Crippen LogP contribution in [0.2, 0.25) is 0 Å². The molecule has 18 heavy (non-hydrogen) atoms. The van der Waals surface area contributed by atoms with Crippen LogP contribution in [0.15, 0.2) is 12.5 Å². The fraction of sp³-hybridized carbons (Fsp3) is 0.545. The molecular weight excluding hydrogens is 234 g/mol. The number of anilines is 1. The van der Waals surface area contributed by atoms with E-state index in [9.17, 15) is 10.2 Å². The van der Waals surface area contributed by atoms with E-state index < -0.39 is 0 Å². The van der Waals surface area contributed by atoms with Crippen LogP contribution < -0.4 is 5.73 Å². The molecule has 3 atom stereocenters. The molecule has 0 aromatic carbocycles. The van der Waals surface area contributed by atoms with Gasteiger partial charge in [-0.1, -0.05) is 0 Å². The lowest BCUT2D eigenvalue weighted by Crippen LogP contribution is -2.42. The molecule has 96 valence electrons. The Balaban J connectivity index is 1.98. The van der Waals surface area contributed by atoms with E-state index in [0.29, 0.717) is 11.2 Å². The lowest BCUT2D eigenvalue weighted by Gasteiger charge is -2.43. The number of hydrogen-bond donors (Lipinski definition) is 3. The van der Waals surface area contributed by atoms with E-state index in [1.807, 2.05) is 4.57 Å². The molecular formula is C11H15N5O2. The number of aliphatic hydroxyl groups excluding tert-OH is 2. The van der Waals surface area contributed by atoms with Gasteiger partial charge in [-0.05, 0) is 12.3 Å². The van der Waals surface area contributed by atoms with Crippen molar-refractivity contribution in [3.8, 4) is 0 Å². The second kappa shape index (κ2) is 4.18. The molecule has 3 rings (SSSR count). The molecule has 0 saturated heterocycles. The molecule has 0 aliphatic heterocycles. The Morgan fingerprint density at radius 3 is 2.89 bits per heavy atom. The molecule has 0 amide bonds. The first-order chi connectivity index (χ1) is 8.74. The van der Waals surface area contributed by atoms with E-state index in [-0.39, 0.29) is 37.0 Å². The molecule has 1 saturated carbocycles. The lowest BCUT2D eigenvalue weighted by molar-refractivity contribution is -0.00528. The van der Waals surface area contributed by atoms with Gasteiger partial charge in [-0.3, -0.25) is 0 Å². The van der Waals surface area contributed by atoms with Crippen LogP contribution in [0.4, 0.5) is 5.95 Å². The third-order valence-electron chi connectivity index (χ3n) is 3.78. The minimum absolute atomic E-state index is 0.0450. The summed E-state index contributed by atoms with van der Waals surface area (Å²) >= 11 is 0. The summed E-state index contributed by atoms with van der Waals surface area (Å²) in [4.78, 5) is 12.3. The van der Waals surface area contributed by atoms with Crippen molar-refractivity contribution in [3.05, 3.63) is 12.5 Å². The number of aliphatic hydroxyl groups is 2. The first-order valence-electron chi connectivity index (χ1n) is 5.91. The smallest absolute Gasteiger partial charge is 0.222 e. The van der Waals surface area contributed by atoms with Crippen LogP contribution in [0, 0.1) is 11.8 Å². The van der Waals surface area contributed by atoms with Crippen LogP contribution in [0.3, 0.4) is 0 Å². The van der Waals surface area contributed by atoms with Crippen molar-refractivity contribution in [2.24, 2.45) is 11.8 Å². The normalized spacial score (nSPS) is 27.3. The van der Waals surface area contributed by atoms with Gasteiger partial charge in [0.1, 0.15) is 5.52 Å². The number of imidazole rings is 1. The molecule has 1 aliphatic carbocycles. The van der Waals surface area contributed by atoms with Crippen molar-refractivity contribution in [2.45, 2.75) is 12.5 Å². The van der Waals surface area contributed by atoms with E-state index in [4.69, 9.17) is 5.73 Å². The summed E-state index contributed by atoms with van der Waals surface area (Å²) in [6.45, 7) is 0.154. The molecule has 1 fully saturated rings. The van der Waals surface area contributed by atoms with Gasteiger partial charge < -0.3 is 20.5 Å². The molecule has 0 unspecified atom stereocenters. The van der Waals surface area contributed by atoms with Crippen LogP contribution >= 0.6 is 0 Å². The largest absolute Gasteiger partial charge is 0.396 e. The van der Waals surface area contributed by atoms with Gasteiger partial charge in [0.15, 0.2) is 5.65 Å². The number of rotatable bonds is 3. The standard InChI is InChI=1S/C11H15N5O2/c12-11-13-2-8-10(15-11)16(5-14-8)9-1-6(3-17)7(9)4-18/h2,5-7,9,17-18H,1,3-4H2,(H2,12,13,15)/t6-,7-,9+/m1/s1. The summed E-state index contributed by atoms with van der Waals surface area (Å²) in [6.07, 6.45) is 4.10. The highest BCUT2D eigenvalue weighted by Crippen LogP contribution is 2.44. The summed E-state index contributed by atoms with van der Waals surface area (Å²) < 4.78 is 1.92. The van der Waals surface area contributed by atoms with Crippen molar-refractivity contribution in [1.29, 1.82) is 0 Å². The minimum atomic E-state index is 0.0450. The summed E-state index contributed by atoms with van der Waals surface area (Å²) in [5.41, 5.74) is 6.95. The third-order valence-corrected chi connectivity index (χ3v) is 3.78. The zero-order chi connectivity index (χ0) is 12.7. The minimum Gasteiger partial charge on any atom is -0.396 e.